The van der Waals surface area contributed by atoms with Crippen LogP contribution in [0, 0.1) is 6.92 Å². The molecule has 94 valence electrons. The van der Waals surface area contributed by atoms with E-state index in [9.17, 15) is 0 Å². The smallest absolute Gasteiger partial charge is 0.138 e. The number of nitrogens with zero attached hydrogens (tertiary/aromatic N) is 3. The van der Waals surface area contributed by atoms with Crippen molar-refractivity contribution in [3.8, 4) is 5.82 Å². The number of hydrogen-bond acceptors (Lipinski definition) is 2. The van der Waals surface area contributed by atoms with Gasteiger partial charge in [-0.25, -0.2) is 9.97 Å². The molecule has 1 aliphatic carbocycles. The van der Waals surface area contributed by atoms with E-state index < -0.39 is 0 Å². The van der Waals surface area contributed by atoms with Gasteiger partial charge < -0.3 is 0 Å². The molecule has 3 nitrogen and oxygen atoms in total. The Labute approximate surface area is 111 Å². The van der Waals surface area contributed by atoms with Crippen LogP contribution in [0.3, 0.4) is 0 Å². The molecule has 0 unspecified atom stereocenters. The highest BCUT2D eigenvalue weighted by Gasteiger charge is 2.15. The molecule has 0 spiro atoms. The molecular formula is C16H15N3. The van der Waals surface area contributed by atoms with Crippen LogP contribution in [0.25, 0.3) is 16.9 Å². The van der Waals surface area contributed by atoms with Gasteiger partial charge in [-0.15, -0.1) is 0 Å². The first-order valence-corrected chi connectivity index (χ1v) is 6.76. The minimum absolute atomic E-state index is 0.992. The summed E-state index contributed by atoms with van der Waals surface area (Å²) < 4.78 is 2.15. The molecule has 1 aromatic carbocycles. The lowest BCUT2D eigenvalue weighted by atomic mass is 10.2. The second kappa shape index (κ2) is 3.92. The van der Waals surface area contributed by atoms with Crippen LogP contribution in [-0.2, 0) is 12.8 Å². The molecule has 0 bridgehead atoms. The van der Waals surface area contributed by atoms with E-state index in [1.807, 2.05) is 25.1 Å². The number of aryl methyl sites for hydroxylation is 3. The van der Waals surface area contributed by atoms with Crippen molar-refractivity contribution in [1.29, 1.82) is 0 Å². The zero-order valence-corrected chi connectivity index (χ0v) is 10.9. The van der Waals surface area contributed by atoms with Crippen LogP contribution >= 0.6 is 0 Å². The maximum absolute atomic E-state index is 4.83. The molecule has 2 aromatic heterocycles. The van der Waals surface area contributed by atoms with Crippen LogP contribution in [0.15, 0.2) is 36.4 Å². The maximum Gasteiger partial charge on any atom is 0.138 e. The fraction of sp³-hybridized carbons (Fsp3) is 0.250. The fourth-order valence-corrected chi connectivity index (χ4v) is 2.97. The monoisotopic (exact) mass is 249 g/mol. The summed E-state index contributed by atoms with van der Waals surface area (Å²) in [5.74, 6) is 1.98. The number of para-hydroxylation sites is 2. The topological polar surface area (TPSA) is 30.7 Å². The number of rotatable bonds is 1. The van der Waals surface area contributed by atoms with Gasteiger partial charge in [0.25, 0.3) is 0 Å². The van der Waals surface area contributed by atoms with Gasteiger partial charge in [0.05, 0.1) is 11.0 Å². The van der Waals surface area contributed by atoms with E-state index in [-0.39, 0.29) is 0 Å². The highest BCUT2D eigenvalue weighted by molar-refractivity contribution is 5.77. The molecular weight excluding hydrogens is 234 g/mol. The number of aromatic nitrogens is 3. The van der Waals surface area contributed by atoms with Gasteiger partial charge in [-0.2, -0.15) is 0 Å². The van der Waals surface area contributed by atoms with Crippen molar-refractivity contribution in [2.45, 2.75) is 26.2 Å². The summed E-state index contributed by atoms with van der Waals surface area (Å²) in [6.07, 6.45) is 3.51. The third kappa shape index (κ3) is 1.58. The Morgan fingerprint density at radius 3 is 2.84 bits per heavy atom. The summed E-state index contributed by atoms with van der Waals surface area (Å²) >= 11 is 0. The SMILES string of the molecule is Cc1nc2ccccc2n1-c1ccc2c(n1)CCC2. The Morgan fingerprint density at radius 1 is 1.00 bits per heavy atom. The van der Waals surface area contributed by atoms with E-state index in [1.54, 1.807) is 0 Å². The molecule has 0 atom stereocenters. The highest BCUT2D eigenvalue weighted by Crippen LogP contribution is 2.24. The van der Waals surface area contributed by atoms with Crippen LogP contribution in [0.4, 0.5) is 0 Å². The first kappa shape index (κ1) is 10.7. The Morgan fingerprint density at radius 2 is 1.89 bits per heavy atom. The molecule has 0 amide bonds. The number of pyridine rings is 1. The van der Waals surface area contributed by atoms with Gasteiger partial charge in [0.1, 0.15) is 11.6 Å². The Bertz CT molecular complexity index is 771. The van der Waals surface area contributed by atoms with Gasteiger partial charge in [-0.1, -0.05) is 18.2 Å². The first-order chi connectivity index (χ1) is 9.33. The third-order valence-corrected chi connectivity index (χ3v) is 3.87. The van der Waals surface area contributed by atoms with Crippen molar-refractivity contribution in [1.82, 2.24) is 14.5 Å². The van der Waals surface area contributed by atoms with Crippen LogP contribution in [0.5, 0.6) is 0 Å². The largest absolute Gasteiger partial charge is 0.281 e. The molecule has 0 saturated heterocycles. The standard InChI is InChI=1S/C16H15N3/c1-11-17-14-6-2-3-8-15(14)19(11)16-10-9-12-5-4-7-13(12)18-16/h2-3,6,8-10H,4-5,7H2,1H3. The molecule has 0 fully saturated rings. The number of hydrogen-bond donors (Lipinski definition) is 0. The summed E-state index contributed by atoms with van der Waals surface area (Å²) in [5, 5.41) is 0. The summed E-state index contributed by atoms with van der Waals surface area (Å²) in [5.41, 5.74) is 4.83. The fourth-order valence-electron chi connectivity index (χ4n) is 2.97. The van der Waals surface area contributed by atoms with E-state index in [4.69, 9.17) is 4.98 Å². The van der Waals surface area contributed by atoms with Gasteiger partial charge in [0.2, 0.25) is 0 Å². The summed E-state index contributed by atoms with van der Waals surface area (Å²) in [4.78, 5) is 9.44. The van der Waals surface area contributed by atoms with Gasteiger partial charge in [0, 0.05) is 5.69 Å². The van der Waals surface area contributed by atoms with E-state index in [2.05, 4.69) is 27.8 Å². The van der Waals surface area contributed by atoms with Crippen molar-refractivity contribution in [3.05, 3.63) is 53.5 Å². The highest BCUT2D eigenvalue weighted by atomic mass is 15.1. The zero-order valence-electron chi connectivity index (χ0n) is 10.9. The predicted octanol–water partition coefficient (Wildman–Crippen LogP) is 3.22. The van der Waals surface area contributed by atoms with Crippen molar-refractivity contribution in [3.63, 3.8) is 0 Å². The molecule has 3 heteroatoms. The molecule has 4 rings (SSSR count). The predicted molar refractivity (Wildman–Crippen MR) is 75.6 cm³/mol. The minimum atomic E-state index is 0.992. The van der Waals surface area contributed by atoms with Crippen molar-refractivity contribution < 1.29 is 0 Å². The summed E-state index contributed by atoms with van der Waals surface area (Å²) in [6.45, 7) is 2.04. The molecule has 0 saturated carbocycles. The average molecular weight is 249 g/mol. The zero-order chi connectivity index (χ0) is 12.8. The molecule has 0 aliphatic heterocycles. The molecule has 2 heterocycles. The van der Waals surface area contributed by atoms with Gasteiger partial charge in [0.15, 0.2) is 0 Å². The quantitative estimate of drug-likeness (QED) is 0.663. The lowest BCUT2D eigenvalue weighted by Gasteiger charge is -2.08. The van der Waals surface area contributed by atoms with Crippen molar-refractivity contribution >= 4 is 11.0 Å². The van der Waals surface area contributed by atoms with Crippen molar-refractivity contribution in [2.75, 3.05) is 0 Å². The number of fused-ring (bicyclic) bond motifs is 2. The third-order valence-electron chi connectivity index (χ3n) is 3.87. The number of imidazole rings is 1. The van der Waals surface area contributed by atoms with E-state index in [0.29, 0.717) is 0 Å². The van der Waals surface area contributed by atoms with Crippen LogP contribution < -0.4 is 0 Å². The molecule has 3 aromatic rings. The average Bonchev–Trinajstić information content (AvgIpc) is 3.00. The van der Waals surface area contributed by atoms with E-state index >= 15 is 0 Å². The Kier molecular flexibility index (Phi) is 2.21. The number of benzene rings is 1. The Balaban J connectivity index is 1.97. The molecule has 19 heavy (non-hydrogen) atoms. The second-order valence-electron chi connectivity index (χ2n) is 5.11. The van der Waals surface area contributed by atoms with Crippen LogP contribution in [-0.4, -0.2) is 14.5 Å². The molecule has 1 aliphatic rings. The molecule has 0 N–H and O–H groups in total. The summed E-state index contributed by atoms with van der Waals surface area (Å²) in [6, 6.07) is 12.6. The van der Waals surface area contributed by atoms with E-state index in [1.165, 1.54) is 24.1 Å². The van der Waals surface area contributed by atoms with Crippen LogP contribution in [0.1, 0.15) is 23.5 Å². The van der Waals surface area contributed by atoms with Gasteiger partial charge >= 0.3 is 0 Å². The second-order valence-corrected chi connectivity index (χ2v) is 5.11. The summed E-state index contributed by atoms with van der Waals surface area (Å²) in [7, 11) is 0. The maximum atomic E-state index is 4.83. The lowest BCUT2D eigenvalue weighted by Crippen LogP contribution is -2.02. The van der Waals surface area contributed by atoms with Gasteiger partial charge in [-0.3, -0.25) is 4.57 Å². The molecule has 0 radical (unpaired) electrons. The van der Waals surface area contributed by atoms with E-state index in [0.717, 1.165) is 29.1 Å². The van der Waals surface area contributed by atoms with Crippen molar-refractivity contribution in [2.24, 2.45) is 0 Å². The van der Waals surface area contributed by atoms with Gasteiger partial charge in [-0.05, 0) is 49.9 Å². The normalized spacial score (nSPS) is 13.9. The minimum Gasteiger partial charge on any atom is -0.281 e. The lowest BCUT2D eigenvalue weighted by molar-refractivity contribution is 0.888. The first-order valence-electron chi connectivity index (χ1n) is 6.76. The Hall–Kier alpha value is -2.16. The van der Waals surface area contributed by atoms with Crippen LogP contribution in [0.2, 0.25) is 0 Å².